The van der Waals surface area contributed by atoms with Gasteiger partial charge in [0.1, 0.15) is 60.1 Å². The third-order valence-corrected chi connectivity index (χ3v) is 16.9. The molecular formula is C63H98N20O13S2. The molecule has 0 radical (unpaired) electrons. The number of carbonyl (C=O) groups excluding carboxylic acids is 11. The van der Waals surface area contributed by atoms with Crippen molar-refractivity contribution in [3.8, 4) is 5.75 Å². The number of likely N-dealkylation sites (tertiary alicyclic amines) is 1. The fourth-order valence-electron chi connectivity index (χ4n) is 10.4. The number of rotatable bonds is 43. The molecule has 0 bridgehead atoms. The Morgan fingerprint density at radius 1 is 0.612 bits per heavy atom. The Hall–Kier alpha value is -9.22. The quantitative estimate of drug-likeness (QED) is 0.0146. The van der Waals surface area contributed by atoms with E-state index in [0.717, 1.165) is 0 Å². The van der Waals surface area contributed by atoms with Crippen LogP contribution in [0.2, 0.25) is 0 Å². The van der Waals surface area contributed by atoms with Crippen LogP contribution in [0.1, 0.15) is 95.4 Å². The number of aromatic amines is 1. The van der Waals surface area contributed by atoms with E-state index in [9.17, 15) is 63.0 Å². The van der Waals surface area contributed by atoms with E-state index >= 15 is 0 Å². The molecule has 3 aromatic rings. The van der Waals surface area contributed by atoms with Gasteiger partial charge in [0, 0.05) is 50.8 Å². The van der Waals surface area contributed by atoms with Gasteiger partial charge in [-0.2, -0.15) is 23.5 Å². The number of thioether (sulfide) groups is 2. The van der Waals surface area contributed by atoms with Gasteiger partial charge in [-0.05, 0) is 118 Å². The molecule has 1 fully saturated rings. The number of aromatic hydroxyl groups is 1. The molecule has 2 heterocycles. The van der Waals surface area contributed by atoms with Gasteiger partial charge in [-0.1, -0.05) is 56.3 Å². The molecule has 11 amide bonds. The summed E-state index contributed by atoms with van der Waals surface area (Å²) in [5, 5.41) is 45.1. The van der Waals surface area contributed by atoms with E-state index in [4.69, 9.17) is 34.4 Å². The van der Waals surface area contributed by atoms with Crippen molar-refractivity contribution < 1.29 is 63.0 Å². The number of H-pyrrole nitrogens is 1. The second kappa shape index (κ2) is 42.5. The Morgan fingerprint density at radius 3 is 1.68 bits per heavy atom. The van der Waals surface area contributed by atoms with E-state index in [0.29, 0.717) is 34.7 Å². The third-order valence-electron chi connectivity index (χ3n) is 15.6. The Morgan fingerprint density at radius 2 is 1.12 bits per heavy atom. The van der Waals surface area contributed by atoms with E-state index in [1.54, 1.807) is 36.6 Å². The van der Waals surface area contributed by atoms with Gasteiger partial charge in [0.15, 0.2) is 11.9 Å². The molecule has 0 spiro atoms. The number of phenols is 1. The zero-order valence-electron chi connectivity index (χ0n) is 56.0. The number of hydrogen-bond acceptors (Lipinski definition) is 19. The van der Waals surface area contributed by atoms with Crippen LogP contribution < -0.4 is 82.3 Å². The monoisotopic (exact) mass is 1410 g/mol. The Balaban J connectivity index is 1.57. The van der Waals surface area contributed by atoms with E-state index < -0.39 is 138 Å². The van der Waals surface area contributed by atoms with E-state index in [-0.39, 0.29) is 114 Å². The van der Waals surface area contributed by atoms with Gasteiger partial charge in [-0.25, -0.2) is 4.98 Å². The smallest absolute Gasteiger partial charge is 0.248 e. The van der Waals surface area contributed by atoms with Crippen molar-refractivity contribution in [1.82, 2.24) is 62.7 Å². The minimum absolute atomic E-state index is 0.0160. The highest BCUT2D eigenvalue weighted by Crippen LogP contribution is 2.21. The predicted molar refractivity (Wildman–Crippen MR) is 372 cm³/mol. The lowest BCUT2D eigenvalue weighted by atomic mass is 10.0. The van der Waals surface area contributed by atoms with Crippen molar-refractivity contribution in [3.63, 3.8) is 0 Å². The van der Waals surface area contributed by atoms with Crippen LogP contribution in [0.3, 0.4) is 0 Å². The SMILES string of the molecule is CSCC[C@H](NC(=O)[C@H](CC(C)C)NC(=O)CNC(=O)[C@H](Cc1ccc(O)cc1)NC(=O)[C@H](Cc1ccccc1)NC(=O)[C@H](CCSC)NC(=O)[C@@H]1CCCN1C(=O)[C@@H](NC(=O)[C@H](CCCN=C(N)N)NC(=O)[C@H](Cc1cnc[nH]1)NC(=O)[C@@H](N)CCCN=C(N)N)[C@@H](C)O)C(N)=O. The number of hydrogen-bond donors (Lipinski definition) is 18. The van der Waals surface area contributed by atoms with Crippen molar-refractivity contribution in [3.05, 3.63) is 83.9 Å². The van der Waals surface area contributed by atoms with Gasteiger partial charge in [0.25, 0.3) is 0 Å². The molecule has 11 atom stereocenters. The lowest BCUT2D eigenvalue weighted by Gasteiger charge is -2.32. The molecule has 0 aliphatic carbocycles. The molecule has 2 aromatic carbocycles. The molecule has 98 heavy (non-hydrogen) atoms. The first-order chi connectivity index (χ1) is 46.6. The van der Waals surface area contributed by atoms with Gasteiger partial charge < -0.3 is 102 Å². The predicted octanol–water partition coefficient (Wildman–Crippen LogP) is -4.02. The maximum absolute atomic E-state index is 14.7. The first kappa shape index (κ1) is 81.2. The maximum Gasteiger partial charge on any atom is 0.248 e. The van der Waals surface area contributed by atoms with Crippen LogP contribution in [0, 0.1) is 5.92 Å². The van der Waals surface area contributed by atoms with Crippen LogP contribution in [-0.2, 0) is 72.0 Å². The molecule has 540 valence electrons. The molecule has 35 heteroatoms. The first-order valence-corrected chi connectivity index (χ1v) is 35.0. The van der Waals surface area contributed by atoms with Crippen LogP contribution in [0.5, 0.6) is 5.75 Å². The summed E-state index contributed by atoms with van der Waals surface area (Å²) in [5.74, 6) is -8.46. The maximum atomic E-state index is 14.7. The van der Waals surface area contributed by atoms with Crippen molar-refractivity contribution in [1.29, 1.82) is 0 Å². The average Bonchev–Trinajstić information content (AvgIpc) is 1.61. The summed E-state index contributed by atoms with van der Waals surface area (Å²) in [5.41, 5.74) is 35.2. The number of aliphatic imine (C=N–C) groups is 2. The zero-order valence-corrected chi connectivity index (χ0v) is 57.6. The summed E-state index contributed by atoms with van der Waals surface area (Å²) in [4.78, 5) is 170. The van der Waals surface area contributed by atoms with Crippen LogP contribution in [0.25, 0.3) is 0 Å². The fraction of sp³-hybridized carbons (Fsp3) is 0.556. The summed E-state index contributed by atoms with van der Waals surface area (Å²) in [6.07, 6.45) is 5.72. The first-order valence-electron chi connectivity index (χ1n) is 32.2. The topological polar surface area (TPSA) is 549 Å². The minimum atomic E-state index is -1.70. The highest BCUT2D eigenvalue weighted by atomic mass is 32.2. The average molecular weight is 1410 g/mol. The van der Waals surface area contributed by atoms with E-state index in [1.807, 2.05) is 20.1 Å². The lowest BCUT2D eigenvalue weighted by molar-refractivity contribution is -0.144. The van der Waals surface area contributed by atoms with Gasteiger partial charge in [0.2, 0.25) is 65.0 Å². The molecule has 0 saturated carbocycles. The molecule has 0 unspecified atom stereocenters. The van der Waals surface area contributed by atoms with Crippen molar-refractivity contribution in [2.24, 2.45) is 50.3 Å². The Labute approximate surface area is 578 Å². The number of aromatic nitrogens is 2. The van der Waals surface area contributed by atoms with Gasteiger partial charge >= 0.3 is 0 Å². The number of aliphatic hydroxyl groups is 1. The van der Waals surface area contributed by atoms with Crippen molar-refractivity contribution in [2.75, 3.05) is 50.2 Å². The molecule has 33 nitrogen and oxygen atoms in total. The molecule has 1 aromatic heterocycles. The molecule has 1 saturated heterocycles. The number of benzene rings is 2. The number of nitrogens with zero attached hydrogens (tertiary/aromatic N) is 4. The Kier molecular flexibility index (Phi) is 35.2. The molecule has 4 rings (SSSR count). The van der Waals surface area contributed by atoms with E-state index in [1.165, 1.54) is 72.1 Å². The number of nitrogens with one attached hydrogen (secondary N) is 10. The number of phenolic OH excluding ortho intramolecular Hbond substituents is 1. The highest BCUT2D eigenvalue weighted by molar-refractivity contribution is 7.98. The Bertz CT molecular complexity index is 3160. The largest absolute Gasteiger partial charge is 0.508 e. The lowest BCUT2D eigenvalue weighted by Crippen LogP contribution is -2.62. The van der Waals surface area contributed by atoms with E-state index in [2.05, 4.69) is 67.8 Å². The molecule has 1 aliphatic rings. The van der Waals surface area contributed by atoms with Crippen molar-refractivity contribution in [2.45, 2.75) is 164 Å². The minimum Gasteiger partial charge on any atom is -0.508 e. The van der Waals surface area contributed by atoms with Crippen LogP contribution in [0.15, 0.2) is 77.1 Å². The highest BCUT2D eigenvalue weighted by Gasteiger charge is 2.42. The standard InChI is InChI=1S/C63H98N20O13S2/c1-35(2)28-45(57(92)76-42(52(65)87)21-26-97-4)75-50(86)33-73-54(89)46(30-38-17-19-40(85)20-18-38)80-58(93)47(29-37-12-7-6-8-13-37)81-55(90)44(22-27-98-5)78-60(95)49-16-11-25-83(49)61(96)51(36(3)84)82-56(91)43(15-10-24-72-63(68)69)77-59(94)48(31-39-32-70-34-74-39)79-53(88)41(64)14-9-23-71-62(66)67/h6-8,12-13,17-20,32,34-36,41-49,51,84-85H,9-11,14-16,21-31,33,64H2,1-5H3,(H2,65,87)(H,70,74)(H,73,89)(H,75,86)(H,76,92)(H,77,94)(H,78,95)(H,79,88)(H,80,93)(H,81,90)(H,82,91)(H4,66,67,71)(H4,68,69,72)/t36-,41+,42+,43+,44+,45+,46+,47+,48+,49+,51+/m1/s1. The van der Waals surface area contributed by atoms with Crippen LogP contribution in [0.4, 0.5) is 0 Å². The van der Waals surface area contributed by atoms with Crippen LogP contribution >= 0.6 is 23.5 Å². The number of primary amides is 1. The summed E-state index contributed by atoms with van der Waals surface area (Å²) in [6, 6.07) is 1.38. The van der Waals surface area contributed by atoms with Gasteiger partial charge in [0.05, 0.1) is 25.0 Å². The molecular weight excluding hydrogens is 1310 g/mol. The van der Waals surface area contributed by atoms with Crippen molar-refractivity contribution >= 4 is 100 Å². The van der Waals surface area contributed by atoms with Gasteiger partial charge in [-0.3, -0.25) is 62.7 Å². The second-order valence-corrected chi connectivity index (χ2v) is 26.0. The number of nitrogens with two attached hydrogens (primary N) is 6. The number of imidazole rings is 1. The summed E-state index contributed by atoms with van der Waals surface area (Å²) in [7, 11) is 0. The number of aliphatic hydroxyl groups excluding tert-OH is 1. The molecule has 1 aliphatic heterocycles. The number of guanidine groups is 2. The summed E-state index contributed by atoms with van der Waals surface area (Å²) < 4.78 is 0. The summed E-state index contributed by atoms with van der Waals surface area (Å²) >= 11 is 2.81. The molecule has 24 N–H and O–H groups in total. The third kappa shape index (κ3) is 28.8. The fourth-order valence-corrected chi connectivity index (χ4v) is 11.4. The number of carbonyl (C=O) groups is 11. The van der Waals surface area contributed by atoms with Crippen LogP contribution in [-0.4, -0.2) is 219 Å². The van der Waals surface area contributed by atoms with Gasteiger partial charge in [-0.15, -0.1) is 0 Å². The number of amides is 11. The normalized spacial score (nSPS) is 15.7. The second-order valence-electron chi connectivity index (χ2n) is 24.1. The zero-order chi connectivity index (χ0) is 72.4. The summed E-state index contributed by atoms with van der Waals surface area (Å²) in [6.45, 7) is 4.44.